The van der Waals surface area contributed by atoms with Gasteiger partial charge in [0.25, 0.3) is 5.91 Å². The van der Waals surface area contributed by atoms with Gasteiger partial charge in [0.15, 0.2) is 0 Å². The second kappa shape index (κ2) is 7.36. The molecule has 0 aliphatic heterocycles. The number of aldehydes is 1. The summed E-state index contributed by atoms with van der Waals surface area (Å²) < 4.78 is 12.2. The standard InChI is InChI=1S/C17H19BNO5P/c1-11-8-14(5-7-16(11)25(2,3)24)19-17(21)12-4-6-15(18(22)23)13(9-12)10-20/h4-10,22-23H,1-3H3,(H,19,21). The van der Waals surface area contributed by atoms with Crippen molar-refractivity contribution in [3.8, 4) is 0 Å². The van der Waals surface area contributed by atoms with Crippen LogP contribution in [0.3, 0.4) is 0 Å². The third-order valence-corrected chi connectivity index (χ3v) is 5.45. The van der Waals surface area contributed by atoms with Crippen LogP contribution in [0.4, 0.5) is 5.69 Å². The first-order valence-corrected chi connectivity index (χ1v) is 10.2. The summed E-state index contributed by atoms with van der Waals surface area (Å²) in [5, 5.41) is 21.9. The second-order valence-electron chi connectivity index (χ2n) is 6.14. The van der Waals surface area contributed by atoms with E-state index in [-0.39, 0.29) is 16.6 Å². The average molecular weight is 359 g/mol. The van der Waals surface area contributed by atoms with Crippen LogP contribution in [-0.4, -0.2) is 42.7 Å². The number of benzene rings is 2. The normalized spacial score (nSPS) is 11.1. The molecule has 0 aromatic heterocycles. The minimum Gasteiger partial charge on any atom is -0.423 e. The van der Waals surface area contributed by atoms with Crippen molar-refractivity contribution >= 4 is 42.9 Å². The van der Waals surface area contributed by atoms with E-state index in [2.05, 4.69) is 5.32 Å². The smallest absolute Gasteiger partial charge is 0.423 e. The maximum atomic E-state index is 12.3. The van der Waals surface area contributed by atoms with Crippen molar-refractivity contribution in [1.82, 2.24) is 0 Å². The van der Waals surface area contributed by atoms with Gasteiger partial charge in [0.2, 0.25) is 0 Å². The van der Waals surface area contributed by atoms with E-state index < -0.39 is 20.2 Å². The minimum atomic E-state index is -2.39. The summed E-state index contributed by atoms with van der Waals surface area (Å²) in [6.07, 6.45) is 0.463. The summed E-state index contributed by atoms with van der Waals surface area (Å²) in [5.41, 5.74) is 1.64. The van der Waals surface area contributed by atoms with E-state index in [1.54, 1.807) is 31.5 Å². The van der Waals surface area contributed by atoms with Crippen LogP contribution in [0.25, 0.3) is 0 Å². The van der Waals surface area contributed by atoms with Gasteiger partial charge in [-0.2, -0.15) is 0 Å². The Balaban J connectivity index is 2.27. The summed E-state index contributed by atoms with van der Waals surface area (Å²) in [7, 11) is -4.18. The molecule has 0 saturated heterocycles. The minimum absolute atomic E-state index is 0.0343. The number of anilines is 1. The zero-order chi connectivity index (χ0) is 18.8. The molecule has 2 aromatic rings. The topological polar surface area (TPSA) is 104 Å². The molecule has 25 heavy (non-hydrogen) atoms. The highest BCUT2D eigenvalue weighted by atomic mass is 31.2. The van der Waals surface area contributed by atoms with Crippen molar-refractivity contribution in [3.63, 3.8) is 0 Å². The molecule has 0 heterocycles. The van der Waals surface area contributed by atoms with Crippen molar-refractivity contribution in [1.29, 1.82) is 0 Å². The lowest BCUT2D eigenvalue weighted by molar-refractivity contribution is 0.102. The summed E-state index contributed by atoms with van der Waals surface area (Å²) in [5.74, 6) is -0.439. The number of hydrogen-bond donors (Lipinski definition) is 3. The molecule has 2 rings (SSSR count). The highest BCUT2D eigenvalue weighted by Gasteiger charge is 2.18. The summed E-state index contributed by atoms with van der Waals surface area (Å²) in [6.45, 7) is 5.20. The van der Waals surface area contributed by atoms with Crippen LogP contribution in [0, 0.1) is 6.92 Å². The van der Waals surface area contributed by atoms with Gasteiger partial charge in [-0.25, -0.2) is 0 Å². The lowest BCUT2D eigenvalue weighted by Crippen LogP contribution is -2.33. The van der Waals surface area contributed by atoms with Gasteiger partial charge in [0, 0.05) is 22.1 Å². The van der Waals surface area contributed by atoms with Crippen molar-refractivity contribution in [2.75, 3.05) is 18.6 Å². The van der Waals surface area contributed by atoms with Crippen LogP contribution in [-0.2, 0) is 4.57 Å². The van der Waals surface area contributed by atoms with Crippen molar-refractivity contribution in [2.24, 2.45) is 0 Å². The van der Waals surface area contributed by atoms with E-state index in [4.69, 9.17) is 0 Å². The Labute approximate surface area is 146 Å². The van der Waals surface area contributed by atoms with Crippen molar-refractivity contribution in [3.05, 3.63) is 53.1 Å². The molecule has 0 spiro atoms. The van der Waals surface area contributed by atoms with Crippen LogP contribution in [0.1, 0.15) is 26.3 Å². The molecule has 0 atom stereocenters. The van der Waals surface area contributed by atoms with E-state index in [0.717, 1.165) is 10.9 Å². The van der Waals surface area contributed by atoms with E-state index in [9.17, 15) is 24.2 Å². The lowest BCUT2D eigenvalue weighted by atomic mass is 9.77. The maximum absolute atomic E-state index is 12.3. The van der Waals surface area contributed by atoms with Crippen LogP contribution in [0.2, 0.25) is 0 Å². The number of hydrogen-bond acceptors (Lipinski definition) is 5. The highest BCUT2D eigenvalue weighted by molar-refractivity contribution is 7.70. The fourth-order valence-corrected chi connectivity index (χ4v) is 3.94. The molecule has 0 aliphatic rings. The first kappa shape index (κ1) is 19.1. The van der Waals surface area contributed by atoms with Crippen LogP contribution < -0.4 is 16.1 Å². The fourth-order valence-electron chi connectivity index (χ4n) is 2.59. The molecule has 1 amide bonds. The quantitative estimate of drug-likeness (QED) is 0.420. The van der Waals surface area contributed by atoms with Gasteiger partial charge in [-0.15, -0.1) is 0 Å². The van der Waals surface area contributed by atoms with Gasteiger partial charge in [-0.05, 0) is 61.6 Å². The van der Waals surface area contributed by atoms with E-state index >= 15 is 0 Å². The molecule has 0 aliphatic carbocycles. The molecule has 0 saturated carbocycles. The zero-order valence-electron chi connectivity index (χ0n) is 14.2. The van der Waals surface area contributed by atoms with Gasteiger partial charge in [-0.3, -0.25) is 9.59 Å². The maximum Gasteiger partial charge on any atom is 0.489 e. The molecule has 6 nitrogen and oxygen atoms in total. The average Bonchev–Trinajstić information content (AvgIpc) is 2.52. The third-order valence-electron chi connectivity index (χ3n) is 3.79. The van der Waals surface area contributed by atoms with Crippen LogP contribution in [0.5, 0.6) is 0 Å². The number of rotatable bonds is 5. The number of aryl methyl sites for hydroxylation is 1. The van der Waals surface area contributed by atoms with Gasteiger partial charge >= 0.3 is 7.12 Å². The number of carbonyl (C=O) groups excluding carboxylic acids is 2. The Morgan fingerprint density at radius 2 is 1.84 bits per heavy atom. The first-order chi connectivity index (χ1) is 11.6. The Kier molecular flexibility index (Phi) is 5.63. The summed E-state index contributed by atoms with van der Waals surface area (Å²) >= 11 is 0. The molecule has 0 bridgehead atoms. The van der Waals surface area contributed by atoms with Gasteiger partial charge in [-0.1, -0.05) is 6.07 Å². The predicted octanol–water partition coefficient (Wildman–Crippen LogP) is 0.988. The largest absolute Gasteiger partial charge is 0.489 e. The van der Waals surface area contributed by atoms with Crippen molar-refractivity contribution < 1.29 is 24.2 Å². The molecular formula is C17H19BNO5P. The van der Waals surface area contributed by atoms with Gasteiger partial charge in [0.05, 0.1) is 0 Å². The summed E-state index contributed by atoms with van der Waals surface area (Å²) in [6, 6.07) is 9.16. The third kappa shape index (κ3) is 4.45. The molecule has 2 aromatic carbocycles. The SMILES string of the molecule is Cc1cc(NC(=O)c2ccc(B(O)O)c(C=O)c2)ccc1P(C)(C)=O. The summed E-state index contributed by atoms with van der Waals surface area (Å²) in [4.78, 5) is 23.4. The zero-order valence-corrected chi connectivity index (χ0v) is 15.1. The van der Waals surface area contributed by atoms with E-state index in [1.165, 1.54) is 18.2 Å². The van der Waals surface area contributed by atoms with Crippen LogP contribution >= 0.6 is 7.14 Å². The Morgan fingerprint density at radius 3 is 2.36 bits per heavy atom. The van der Waals surface area contributed by atoms with Gasteiger partial charge in [0.1, 0.15) is 13.4 Å². The van der Waals surface area contributed by atoms with E-state index in [0.29, 0.717) is 12.0 Å². The number of carbonyl (C=O) groups is 2. The molecule has 3 N–H and O–H groups in total. The van der Waals surface area contributed by atoms with Crippen LogP contribution in [0.15, 0.2) is 36.4 Å². The lowest BCUT2D eigenvalue weighted by Gasteiger charge is -2.13. The van der Waals surface area contributed by atoms with Crippen molar-refractivity contribution in [2.45, 2.75) is 6.92 Å². The molecule has 130 valence electrons. The first-order valence-electron chi connectivity index (χ1n) is 7.56. The number of nitrogens with one attached hydrogen (secondary N) is 1. The molecule has 0 radical (unpaired) electrons. The predicted molar refractivity (Wildman–Crippen MR) is 99.9 cm³/mol. The molecular weight excluding hydrogens is 340 g/mol. The fraction of sp³-hybridized carbons (Fsp3) is 0.176. The monoisotopic (exact) mass is 359 g/mol. The van der Waals surface area contributed by atoms with E-state index in [1.807, 2.05) is 6.92 Å². The molecule has 0 unspecified atom stereocenters. The second-order valence-corrected chi connectivity index (χ2v) is 9.32. The Hall–Kier alpha value is -2.21. The highest BCUT2D eigenvalue weighted by Crippen LogP contribution is 2.36. The Morgan fingerprint density at radius 1 is 1.16 bits per heavy atom. The number of amides is 1. The van der Waals surface area contributed by atoms with Gasteiger partial charge < -0.3 is 19.9 Å². The molecule has 8 heteroatoms. The molecule has 0 fully saturated rings. The Bertz CT molecular complexity index is 875.